The molecule has 5 N–H and O–H groups in total. The SMILES string of the molecule is CSCCC(NC(N)=O)C(=O)NCC(CC(C)C)C(=O)O. The summed E-state index contributed by atoms with van der Waals surface area (Å²) in [4.78, 5) is 34.0. The lowest BCUT2D eigenvalue weighted by atomic mass is 9.97. The van der Waals surface area contributed by atoms with Gasteiger partial charge in [-0.05, 0) is 30.8 Å². The second-order valence-electron chi connectivity index (χ2n) is 5.25. The number of urea groups is 1. The van der Waals surface area contributed by atoms with E-state index < -0.39 is 29.9 Å². The molecule has 0 aliphatic carbocycles. The maximum atomic E-state index is 12.0. The number of hydrogen-bond acceptors (Lipinski definition) is 4. The van der Waals surface area contributed by atoms with Gasteiger partial charge in [-0.25, -0.2) is 4.79 Å². The zero-order chi connectivity index (χ0) is 16.4. The summed E-state index contributed by atoms with van der Waals surface area (Å²) >= 11 is 1.55. The molecular weight excluding hydrogens is 294 g/mol. The van der Waals surface area contributed by atoms with Crippen molar-refractivity contribution in [3.05, 3.63) is 0 Å². The number of nitrogens with two attached hydrogens (primary N) is 1. The van der Waals surface area contributed by atoms with E-state index in [2.05, 4.69) is 10.6 Å². The van der Waals surface area contributed by atoms with E-state index >= 15 is 0 Å². The van der Waals surface area contributed by atoms with Crippen LogP contribution in [0.3, 0.4) is 0 Å². The number of amides is 3. The molecule has 0 bridgehead atoms. The first kappa shape index (κ1) is 19.6. The molecule has 8 heteroatoms. The predicted octanol–water partition coefficient (Wildman–Crippen LogP) is 0.640. The molecule has 0 aromatic heterocycles. The van der Waals surface area contributed by atoms with Crippen molar-refractivity contribution in [3.8, 4) is 0 Å². The third-order valence-electron chi connectivity index (χ3n) is 2.87. The zero-order valence-corrected chi connectivity index (χ0v) is 13.5. The summed E-state index contributed by atoms with van der Waals surface area (Å²) in [5.41, 5.74) is 5.04. The van der Waals surface area contributed by atoms with E-state index in [4.69, 9.17) is 10.8 Å². The summed E-state index contributed by atoms with van der Waals surface area (Å²) in [6.07, 6.45) is 2.81. The number of carboxylic acids is 1. The average molecular weight is 319 g/mol. The lowest BCUT2D eigenvalue weighted by Gasteiger charge is -2.19. The van der Waals surface area contributed by atoms with Gasteiger partial charge in [0, 0.05) is 6.54 Å². The van der Waals surface area contributed by atoms with Gasteiger partial charge in [-0.1, -0.05) is 13.8 Å². The number of carbonyl (C=O) groups excluding carboxylic acids is 2. The van der Waals surface area contributed by atoms with E-state index in [0.29, 0.717) is 18.6 Å². The van der Waals surface area contributed by atoms with Crippen LogP contribution in [0.1, 0.15) is 26.7 Å². The second kappa shape index (κ2) is 10.3. The molecule has 0 spiro atoms. The minimum atomic E-state index is -0.937. The quantitative estimate of drug-likeness (QED) is 0.471. The van der Waals surface area contributed by atoms with Crippen LogP contribution in [0.25, 0.3) is 0 Å². The van der Waals surface area contributed by atoms with E-state index in [1.807, 2.05) is 20.1 Å². The topological polar surface area (TPSA) is 122 Å². The van der Waals surface area contributed by atoms with Crippen LogP contribution in [0.2, 0.25) is 0 Å². The van der Waals surface area contributed by atoms with Gasteiger partial charge in [0.25, 0.3) is 0 Å². The Hall–Kier alpha value is -1.44. The van der Waals surface area contributed by atoms with Crippen LogP contribution < -0.4 is 16.4 Å². The number of carbonyl (C=O) groups is 3. The molecular formula is C13H25N3O4S. The third kappa shape index (κ3) is 9.17. The summed E-state index contributed by atoms with van der Waals surface area (Å²) in [6.45, 7) is 3.89. The molecule has 0 aliphatic heterocycles. The first-order chi connectivity index (χ1) is 9.77. The summed E-state index contributed by atoms with van der Waals surface area (Å²) in [5, 5.41) is 14.1. The minimum absolute atomic E-state index is 0.0442. The van der Waals surface area contributed by atoms with Crippen molar-refractivity contribution in [2.24, 2.45) is 17.6 Å². The smallest absolute Gasteiger partial charge is 0.312 e. The van der Waals surface area contributed by atoms with Crippen LogP contribution in [0.15, 0.2) is 0 Å². The van der Waals surface area contributed by atoms with Crippen molar-refractivity contribution >= 4 is 29.7 Å². The van der Waals surface area contributed by atoms with E-state index in [1.165, 1.54) is 0 Å². The van der Waals surface area contributed by atoms with Gasteiger partial charge < -0.3 is 21.5 Å². The number of rotatable bonds is 10. The van der Waals surface area contributed by atoms with Gasteiger partial charge in [0.2, 0.25) is 5.91 Å². The molecule has 0 fully saturated rings. The predicted molar refractivity (Wildman–Crippen MR) is 83.1 cm³/mol. The summed E-state index contributed by atoms with van der Waals surface area (Å²) in [5.74, 6) is -1.07. The molecule has 122 valence electrons. The van der Waals surface area contributed by atoms with Crippen LogP contribution in [0.5, 0.6) is 0 Å². The van der Waals surface area contributed by atoms with Crippen molar-refractivity contribution in [2.75, 3.05) is 18.6 Å². The number of hydrogen-bond donors (Lipinski definition) is 4. The van der Waals surface area contributed by atoms with Gasteiger partial charge in [-0.2, -0.15) is 11.8 Å². The molecule has 0 aromatic rings. The Kier molecular flexibility index (Phi) is 9.60. The highest BCUT2D eigenvalue weighted by atomic mass is 32.2. The van der Waals surface area contributed by atoms with Gasteiger partial charge in [0.15, 0.2) is 0 Å². The molecule has 0 radical (unpaired) electrons. The molecule has 21 heavy (non-hydrogen) atoms. The first-order valence-corrected chi connectivity index (χ1v) is 8.22. The van der Waals surface area contributed by atoms with Crippen molar-refractivity contribution in [3.63, 3.8) is 0 Å². The molecule has 0 rings (SSSR count). The van der Waals surface area contributed by atoms with Crippen molar-refractivity contribution in [1.29, 1.82) is 0 Å². The number of thioether (sulfide) groups is 1. The number of primary amides is 1. The fraction of sp³-hybridized carbons (Fsp3) is 0.769. The molecule has 2 unspecified atom stereocenters. The zero-order valence-electron chi connectivity index (χ0n) is 12.7. The molecule has 2 atom stereocenters. The van der Waals surface area contributed by atoms with Gasteiger partial charge in [-0.3, -0.25) is 9.59 Å². The molecule has 0 aromatic carbocycles. The third-order valence-corrected chi connectivity index (χ3v) is 3.52. The Morgan fingerprint density at radius 3 is 2.33 bits per heavy atom. The maximum Gasteiger partial charge on any atom is 0.312 e. The summed E-state index contributed by atoms with van der Waals surface area (Å²) in [7, 11) is 0. The van der Waals surface area contributed by atoms with Crippen molar-refractivity contribution in [2.45, 2.75) is 32.7 Å². The summed E-state index contributed by atoms with van der Waals surface area (Å²) in [6, 6.07) is -1.50. The van der Waals surface area contributed by atoms with Crippen LogP contribution in [-0.2, 0) is 9.59 Å². The Morgan fingerprint density at radius 1 is 1.29 bits per heavy atom. The van der Waals surface area contributed by atoms with Crippen LogP contribution in [-0.4, -0.2) is 47.6 Å². The molecule has 3 amide bonds. The maximum absolute atomic E-state index is 12.0. The molecule has 0 heterocycles. The Labute approximate surface area is 129 Å². The van der Waals surface area contributed by atoms with Crippen LogP contribution in [0, 0.1) is 11.8 Å². The number of aliphatic carboxylic acids is 1. The van der Waals surface area contributed by atoms with E-state index in [9.17, 15) is 14.4 Å². The summed E-state index contributed by atoms with van der Waals surface area (Å²) < 4.78 is 0. The van der Waals surface area contributed by atoms with Crippen LogP contribution >= 0.6 is 11.8 Å². The largest absolute Gasteiger partial charge is 0.481 e. The lowest BCUT2D eigenvalue weighted by molar-refractivity contribution is -0.142. The Morgan fingerprint density at radius 2 is 1.90 bits per heavy atom. The second-order valence-corrected chi connectivity index (χ2v) is 6.24. The Balaban J connectivity index is 4.50. The highest BCUT2D eigenvalue weighted by molar-refractivity contribution is 7.98. The number of nitrogens with one attached hydrogen (secondary N) is 2. The molecule has 0 saturated carbocycles. The first-order valence-electron chi connectivity index (χ1n) is 6.83. The lowest BCUT2D eigenvalue weighted by Crippen LogP contribution is -2.50. The fourth-order valence-electron chi connectivity index (χ4n) is 1.86. The van der Waals surface area contributed by atoms with Gasteiger partial charge in [0.05, 0.1) is 5.92 Å². The normalized spacial score (nSPS) is 13.5. The van der Waals surface area contributed by atoms with Crippen molar-refractivity contribution < 1.29 is 19.5 Å². The fourth-order valence-corrected chi connectivity index (χ4v) is 2.34. The molecule has 7 nitrogen and oxygen atoms in total. The van der Waals surface area contributed by atoms with E-state index in [1.54, 1.807) is 11.8 Å². The van der Waals surface area contributed by atoms with Gasteiger partial charge in [-0.15, -0.1) is 0 Å². The highest BCUT2D eigenvalue weighted by Crippen LogP contribution is 2.11. The van der Waals surface area contributed by atoms with Gasteiger partial charge in [0.1, 0.15) is 6.04 Å². The van der Waals surface area contributed by atoms with Crippen LogP contribution in [0.4, 0.5) is 4.79 Å². The van der Waals surface area contributed by atoms with Gasteiger partial charge >= 0.3 is 12.0 Å². The van der Waals surface area contributed by atoms with E-state index in [0.717, 1.165) is 0 Å². The molecule has 0 saturated heterocycles. The number of carboxylic acid groups (broad SMARTS) is 1. The highest BCUT2D eigenvalue weighted by Gasteiger charge is 2.23. The standard InChI is InChI=1S/C13H25N3O4S/c1-8(2)6-9(12(18)19)7-15-11(17)10(4-5-21-3)16-13(14)20/h8-10H,4-7H2,1-3H3,(H,15,17)(H,18,19)(H3,14,16,20). The van der Waals surface area contributed by atoms with Crippen molar-refractivity contribution in [1.82, 2.24) is 10.6 Å². The minimum Gasteiger partial charge on any atom is -0.481 e. The molecule has 0 aliphatic rings. The Bertz CT molecular complexity index is 363. The van der Waals surface area contributed by atoms with E-state index in [-0.39, 0.29) is 12.5 Å². The monoisotopic (exact) mass is 319 g/mol. The average Bonchev–Trinajstić information content (AvgIpc) is 2.37.